The number of anilines is 1. The summed E-state index contributed by atoms with van der Waals surface area (Å²) in [6, 6.07) is 6.80. The largest absolute Gasteiger partial charge is 0.486 e. The summed E-state index contributed by atoms with van der Waals surface area (Å²) in [6.07, 6.45) is -3.62. The van der Waals surface area contributed by atoms with E-state index in [4.69, 9.17) is 21.1 Å². The van der Waals surface area contributed by atoms with Crippen LogP contribution in [0.25, 0.3) is 0 Å². The van der Waals surface area contributed by atoms with Crippen LogP contribution in [-0.2, 0) is 12.7 Å². The van der Waals surface area contributed by atoms with Gasteiger partial charge in [-0.05, 0) is 12.1 Å². The minimum Gasteiger partial charge on any atom is -0.486 e. The van der Waals surface area contributed by atoms with Crippen LogP contribution in [0.15, 0.2) is 30.5 Å². The van der Waals surface area contributed by atoms with Gasteiger partial charge in [-0.15, -0.1) is 0 Å². The van der Waals surface area contributed by atoms with E-state index in [1.54, 1.807) is 0 Å². The van der Waals surface area contributed by atoms with Gasteiger partial charge in [0.2, 0.25) is 0 Å². The lowest BCUT2D eigenvalue weighted by atomic mass is 10.1. The highest BCUT2D eigenvalue weighted by Gasteiger charge is 2.32. The number of nitrogens with zero attached hydrogens (tertiary/aromatic N) is 3. The third kappa shape index (κ3) is 3.98. The Morgan fingerprint density at radius 1 is 1.07 bits per heavy atom. The number of fused-ring (bicyclic) bond motifs is 1. The second-order valence-electron chi connectivity index (χ2n) is 6.73. The number of aromatic nitrogens is 1. The number of pyridine rings is 1. The van der Waals surface area contributed by atoms with Crippen LogP contribution >= 0.6 is 11.6 Å². The second kappa shape index (κ2) is 7.67. The molecule has 0 saturated carbocycles. The Morgan fingerprint density at radius 2 is 1.82 bits per heavy atom. The molecule has 9 heteroatoms. The van der Waals surface area contributed by atoms with Crippen LogP contribution in [0.3, 0.4) is 0 Å². The molecule has 0 unspecified atom stereocenters. The van der Waals surface area contributed by atoms with Gasteiger partial charge in [-0.25, -0.2) is 4.98 Å². The van der Waals surface area contributed by atoms with Crippen molar-refractivity contribution in [3.8, 4) is 11.5 Å². The van der Waals surface area contributed by atoms with E-state index in [0.717, 1.165) is 42.4 Å². The van der Waals surface area contributed by atoms with Gasteiger partial charge in [0.15, 0.2) is 11.5 Å². The van der Waals surface area contributed by atoms with Gasteiger partial charge < -0.3 is 14.4 Å². The molecule has 0 N–H and O–H groups in total. The van der Waals surface area contributed by atoms with Crippen molar-refractivity contribution in [3.63, 3.8) is 0 Å². The fourth-order valence-electron chi connectivity index (χ4n) is 3.44. The minimum atomic E-state index is -4.45. The normalized spacial score (nSPS) is 17.6. The predicted octanol–water partition coefficient (Wildman–Crippen LogP) is 3.85. The van der Waals surface area contributed by atoms with Crippen molar-refractivity contribution in [1.82, 2.24) is 9.88 Å². The van der Waals surface area contributed by atoms with Gasteiger partial charge >= 0.3 is 6.18 Å². The molecule has 4 rings (SSSR count). The summed E-state index contributed by atoms with van der Waals surface area (Å²) in [6.45, 7) is 4.54. The molecule has 0 amide bonds. The molecule has 150 valence electrons. The van der Waals surface area contributed by atoms with E-state index in [9.17, 15) is 13.2 Å². The molecule has 2 aliphatic heterocycles. The van der Waals surface area contributed by atoms with E-state index in [0.29, 0.717) is 38.7 Å². The molecule has 3 heterocycles. The van der Waals surface area contributed by atoms with E-state index in [1.807, 2.05) is 23.1 Å². The maximum atomic E-state index is 12.8. The highest BCUT2D eigenvalue weighted by atomic mass is 35.5. The maximum absolute atomic E-state index is 12.8. The van der Waals surface area contributed by atoms with Crippen molar-refractivity contribution in [2.45, 2.75) is 12.7 Å². The van der Waals surface area contributed by atoms with Crippen molar-refractivity contribution >= 4 is 17.4 Å². The summed E-state index contributed by atoms with van der Waals surface area (Å²) >= 11 is 6.07. The maximum Gasteiger partial charge on any atom is 0.417 e. The van der Waals surface area contributed by atoms with Crippen molar-refractivity contribution in [2.24, 2.45) is 0 Å². The number of piperazine rings is 1. The van der Waals surface area contributed by atoms with Crippen LogP contribution in [0.4, 0.5) is 19.0 Å². The molecule has 1 fully saturated rings. The number of alkyl halides is 3. The molecule has 0 radical (unpaired) electrons. The lowest BCUT2D eigenvalue weighted by Crippen LogP contribution is -2.46. The third-order valence-corrected chi connectivity index (χ3v) is 5.14. The van der Waals surface area contributed by atoms with Gasteiger partial charge in [0.25, 0.3) is 0 Å². The van der Waals surface area contributed by atoms with Gasteiger partial charge in [0.1, 0.15) is 19.0 Å². The lowest BCUT2D eigenvalue weighted by molar-refractivity contribution is -0.137. The zero-order valence-corrected chi connectivity index (χ0v) is 15.8. The summed E-state index contributed by atoms with van der Waals surface area (Å²) < 4.78 is 49.7. The number of rotatable bonds is 3. The first-order valence-electron chi connectivity index (χ1n) is 8.99. The second-order valence-corrected chi connectivity index (χ2v) is 7.14. The standard InChI is InChI=1S/C19H19ClF3N3O2/c20-15-10-14(19(21,22)23)11-24-18(15)26-6-4-25(5-7-26)12-13-2-1-3-16-17(13)28-9-8-27-16/h1-3,10-11H,4-9,12H2. The molecule has 1 aromatic carbocycles. The number of para-hydroxylation sites is 1. The summed E-state index contributed by atoms with van der Waals surface area (Å²) in [7, 11) is 0. The van der Waals surface area contributed by atoms with Crippen molar-refractivity contribution in [3.05, 3.63) is 46.6 Å². The van der Waals surface area contributed by atoms with E-state index in [-0.39, 0.29) is 5.02 Å². The summed E-state index contributed by atoms with van der Waals surface area (Å²) in [5.74, 6) is 1.95. The van der Waals surface area contributed by atoms with Crippen LogP contribution in [-0.4, -0.2) is 49.3 Å². The average Bonchev–Trinajstić information content (AvgIpc) is 2.68. The first-order chi connectivity index (χ1) is 13.4. The SMILES string of the molecule is FC(F)(F)c1cnc(N2CCN(Cc3cccc4c3OCCO4)CC2)c(Cl)c1. The van der Waals surface area contributed by atoms with Crippen molar-refractivity contribution in [2.75, 3.05) is 44.3 Å². The summed E-state index contributed by atoms with van der Waals surface area (Å²) in [5.41, 5.74) is 0.229. The highest BCUT2D eigenvalue weighted by molar-refractivity contribution is 6.33. The molecular weight excluding hydrogens is 395 g/mol. The van der Waals surface area contributed by atoms with Crippen LogP contribution in [0, 0.1) is 0 Å². The van der Waals surface area contributed by atoms with E-state index < -0.39 is 11.7 Å². The Kier molecular flexibility index (Phi) is 5.25. The monoisotopic (exact) mass is 413 g/mol. The van der Waals surface area contributed by atoms with Crippen LogP contribution in [0.5, 0.6) is 11.5 Å². The quantitative estimate of drug-likeness (QED) is 0.764. The van der Waals surface area contributed by atoms with Crippen LogP contribution < -0.4 is 14.4 Å². The average molecular weight is 414 g/mol. The van der Waals surface area contributed by atoms with Crippen molar-refractivity contribution in [1.29, 1.82) is 0 Å². The van der Waals surface area contributed by atoms with Crippen molar-refractivity contribution < 1.29 is 22.6 Å². The van der Waals surface area contributed by atoms with Gasteiger partial charge in [0.05, 0.1) is 10.6 Å². The molecular formula is C19H19ClF3N3O2. The topological polar surface area (TPSA) is 37.8 Å². The van der Waals surface area contributed by atoms with E-state index in [2.05, 4.69) is 9.88 Å². The molecule has 0 spiro atoms. The molecule has 28 heavy (non-hydrogen) atoms. The Morgan fingerprint density at radius 3 is 2.54 bits per heavy atom. The Balaban J connectivity index is 1.40. The molecule has 2 aliphatic rings. The zero-order valence-electron chi connectivity index (χ0n) is 15.0. The predicted molar refractivity (Wildman–Crippen MR) is 99.2 cm³/mol. The van der Waals surface area contributed by atoms with E-state index in [1.165, 1.54) is 0 Å². The molecule has 5 nitrogen and oxygen atoms in total. The van der Waals surface area contributed by atoms with Gasteiger partial charge in [-0.3, -0.25) is 4.90 Å². The number of halogens is 4. The van der Waals surface area contributed by atoms with Gasteiger partial charge in [0, 0.05) is 44.5 Å². The zero-order chi connectivity index (χ0) is 19.7. The highest BCUT2D eigenvalue weighted by Crippen LogP contribution is 2.35. The number of ether oxygens (including phenoxy) is 2. The first-order valence-corrected chi connectivity index (χ1v) is 9.37. The van der Waals surface area contributed by atoms with Gasteiger partial charge in [-0.1, -0.05) is 23.7 Å². The number of benzene rings is 1. The third-order valence-electron chi connectivity index (χ3n) is 4.86. The molecule has 1 aromatic heterocycles. The molecule has 0 bridgehead atoms. The fraction of sp³-hybridized carbons (Fsp3) is 0.421. The fourth-order valence-corrected chi connectivity index (χ4v) is 3.72. The molecule has 2 aromatic rings. The number of hydrogen-bond acceptors (Lipinski definition) is 5. The Bertz CT molecular complexity index is 855. The summed E-state index contributed by atoms with van der Waals surface area (Å²) in [5, 5.41) is 0.0194. The van der Waals surface area contributed by atoms with Crippen LogP contribution in [0.1, 0.15) is 11.1 Å². The molecule has 0 aliphatic carbocycles. The Hall–Kier alpha value is -2.19. The molecule has 1 saturated heterocycles. The first kappa shape index (κ1) is 19.1. The Labute approximate surface area is 165 Å². The minimum absolute atomic E-state index is 0.0194. The van der Waals surface area contributed by atoms with E-state index >= 15 is 0 Å². The molecule has 0 atom stereocenters. The summed E-state index contributed by atoms with van der Waals surface area (Å²) in [4.78, 5) is 8.14. The van der Waals surface area contributed by atoms with Gasteiger partial charge in [-0.2, -0.15) is 13.2 Å². The number of hydrogen-bond donors (Lipinski definition) is 0. The lowest BCUT2D eigenvalue weighted by Gasteiger charge is -2.36. The van der Waals surface area contributed by atoms with Crippen LogP contribution in [0.2, 0.25) is 5.02 Å². The smallest absolute Gasteiger partial charge is 0.417 e.